The molecule has 6 nitrogen and oxygen atoms in total. The molecule has 0 fully saturated rings. The van der Waals surface area contributed by atoms with Gasteiger partial charge in [0.05, 0.1) is 12.0 Å². The standard InChI is InChI=1S/C13H13N5O/c14-11(10-5-2-6-19-10)12-8-3-1-4-9(8)17-13-15-7-16-18(12)13/h2,5-7,11H,1,3-4,14H2. The minimum Gasteiger partial charge on any atom is -0.467 e. The van der Waals surface area contributed by atoms with E-state index in [4.69, 9.17) is 10.2 Å². The number of hydrogen-bond donors (Lipinski definition) is 1. The summed E-state index contributed by atoms with van der Waals surface area (Å²) in [7, 11) is 0. The summed E-state index contributed by atoms with van der Waals surface area (Å²) in [6, 6.07) is 3.39. The van der Waals surface area contributed by atoms with Gasteiger partial charge in [0, 0.05) is 5.69 Å². The summed E-state index contributed by atoms with van der Waals surface area (Å²) in [4.78, 5) is 8.72. The Morgan fingerprint density at radius 1 is 1.37 bits per heavy atom. The molecule has 3 aromatic rings. The first-order valence-electron chi connectivity index (χ1n) is 6.35. The van der Waals surface area contributed by atoms with Gasteiger partial charge in [-0.15, -0.1) is 0 Å². The smallest absolute Gasteiger partial charge is 0.252 e. The van der Waals surface area contributed by atoms with E-state index in [1.807, 2.05) is 12.1 Å². The SMILES string of the molecule is NC(c1ccco1)c1c2c(nc3ncnn13)CCC2. The van der Waals surface area contributed by atoms with Gasteiger partial charge in [-0.2, -0.15) is 14.6 Å². The quantitative estimate of drug-likeness (QED) is 0.745. The maximum absolute atomic E-state index is 6.35. The molecule has 0 aromatic carbocycles. The lowest BCUT2D eigenvalue weighted by Gasteiger charge is -2.15. The van der Waals surface area contributed by atoms with Crippen LogP contribution in [0.2, 0.25) is 0 Å². The van der Waals surface area contributed by atoms with Crippen molar-refractivity contribution in [1.82, 2.24) is 19.6 Å². The molecule has 1 aliphatic carbocycles. The molecule has 0 saturated carbocycles. The number of nitrogens with two attached hydrogens (primary N) is 1. The van der Waals surface area contributed by atoms with Gasteiger partial charge in [-0.1, -0.05) is 0 Å². The molecule has 0 amide bonds. The van der Waals surface area contributed by atoms with Crippen molar-refractivity contribution in [2.24, 2.45) is 5.73 Å². The van der Waals surface area contributed by atoms with Crippen LogP contribution in [0.4, 0.5) is 0 Å². The molecule has 96 valence electrons. The molecule has 0 bridgehead atoms. The molecule has 6 heteroatoms. The minimum atomic E-state index is -0.339. The Morgan fingerprint density at radius 2 is 2.32 bits per heavy atom. The monoisotopic (exact) mass is 255 g/mol. The van der Waals surface area contributed by atoms with Crippen molar-refractivity contribution in [3.05, 3.63) is 47.4 Å². The molecule has 1 atom stereocenters. The second-order valence-corrected chi connectivity index (χ2v) is 4.74. The summed E-state index contributed by atoms with van der Waals surface area (Å²) in [6.07, 6.45) is 6.22. The minimum absolute atomic E-state index is 0.339. The molecule has 0 aliphatic heterocycles. The number of hydrogen-bond acceptors (Lipinski definition) is 5. The van der Waals surface area contributed by atoms with Gasteiger partial charge in [-0.25, -0.2) is 4.98 Å². The third-order valence-electron chi connectivity index (χ3n) is 3.64. The normalized spacial score (nSPS) is 15.8. The van der Waals surface area contributed by atoms with Crippen LogP contribution >= 0.6 is 0 Å². The van der Waals surface area contributed by atoms with Crippen molar-refractivity contribution in [3.63, 3.8) is 0 Å². The zero-order chi connectivity index (χ0) is 12.8. The highest BCUT2D eigenvalue weighted by Crippen LogP contribution is 2.30. The maximum atomic E-state index is 6.35. The van der Waals surface area contributed by atoms with Gasteiger partial charge < -0.3 is 10.2 Å². The molecule has 19 heavy (non-hydrogen) atoms. The highest BCUT2D eigenvalue weighted by atomic mass is 16.3. The third-order valence-corrected chi connectivity index (χ3v) is 3.64. The predicted molar refractivity (Wildman–Crippen MR) is 67.5 cm³/mol. The lowest BCUT2D eigenvalue weighted by Crippen LogP contribution is -2.19. The Labute approximate surface area is 109 Å². The van der Waals surface area contributed by atoms with Crippen LogP contribution in [0.15, 0.2) is 29.1 Å². The van der Waals surface area contributed by atoms with Gasteiger partial charge in [-0.05, 0) is 37.0 Å². The second-order valence-electron chi connectivity index (χ2n) is 4.74. The van der Waals surface area contributed by atoms with Crippen LogP contribution < -0.4 is 5.73 Å². The molecule has 1 unspecified atom stereocenters. The lowest BCUT2D eigenvalue weighted by atomic mass is 10.1. The first kappa shape index (κ1) is 10.7. The first-order valence-corrected chi connectivity index (χ1v) is 6.35. The predicted octanol–water partition coefficient (Wildman–Crippen LogP) is 1.25. The second kappa shape index (κ2) is 3.89. The maximum Gasteiger partial charge on any atom is 0.252 e. The Kier molecular flexibility index (Phi) is 2.19. The molecule has 0 spiro atoms. The van der Waals surface area contributed by atoms with E-state index in [-0.39, 0.29) is 6.04 Å². The van der Waals surface area contributed by atoms with E-state index in [1.165, 1.54) is 11.9 Å². The van der Waals surface area contributed by atoms with E-state index >= 15 is 0 Å². The van der Waals surface area contributed by atoms with Gasteiger partial charge in [-0.3, -0.25) is 0 Å². The number of aryl methyl sites for hydroxylation is 1. The number of nitrogens with zero attached hydrogens (tertiary/aromatic N) is 4. The van der Waals surface area contributed by atoms with Crippen LogP contribution in [0.5, 0.6) is 0 Å². The fourth-order valence-corrected chi connectivity index (χ4v) is 2.78. The van der Waals surface area contributed by atoms with Gasteiger partial charge in [0.1, 0.15) is 18.1 Å². The lowest BCUT2D eigenvalue weighted by molar-refractivity contribution is 0.481. The molecule has 2 N–H and O–H groups in total. The first-order chi connectivity index (χ1) is 9.34. The van der Waals surface area contributed by atoms with E-state index in [9.17, 15) is 0 Å². The summed E-state index contributed by atoms with van der Waals surface area (Å²) in [6.45, 7) is 0. The van der Waals surface area contributed by atoms with Gasteiger partial charge in [0.15, 0.2) is 0 Å². The molecule has 1 aliphatic rings. The number of rotatable bonds is 2. The molecular weight excluding hydrogens is 242 g/mol. The Balaban J connectivity index is 1.99. The highest BCUT2D eigenvalue weighted by molar-refractivity contribution is 5.42. The summed E-state index contributed by atoms with van der Waals surface area (Å²) in [5.41, 5.74) is 9.59. The third kappa shape index (κ3) is 1.50. The average molecular weight is 255 g/mol. The van der Waals surface area contributed by atoms with E-state index in [0.717, 1.165) is 36.4 Å². The van der Waals surface area contributed by atoms with Crippen LogP contribution in [-0.4, -0.2) is 19.6 Å². The van der Waals surface area contributed by atoms with Crippen molar-refractivity contribution in [3.8, 4) is 0 Å². The molecule has 4 rings (SSSR count). The fraction of sp³-hybridized carbons (Fsp3) is 0.308. The van der Waals surface area contributed by atoms with Crippen molar-refractivity contribution in [2.45, 2.75) is 25.3 Å². The van der Waals surface area contributed by atoms with E-state index < -0.39 is 0 Å². The fourth-order valence-electron chi connectivity index (χ4n) is 2.78. The Hall–Kier alpha value is -2.21. The van der Waals surface area contributed by atoms with Crippen molar-refractivity contribution >= 4 is 5.78 Å². The average Bonchev–Trinajstić information content (AvgIpc) is 3.14. The highest BCUT2D eigenvalue weighted by Gasteiger charge is 2.26. The van der Waals surface area contributed by atoms with E-state index in [1.54, 1.807) is 10.8 Å². The van der Waals surface area contributed by atoms with Gasteiger partial charge >= 0.3 is 0 Å². The molecule has 0 saturated heterocycles. The van der Waals surface area contributed by atoms with Crippen molar-refractivity contribution in [1.29, 1.82) is 0 Å². The number of furan rings is 1. The summed E-state index contributed by atoms with van der Waals surface area (Å²) < 4.78 is 7.16. The zero-order valence-electron chi connectivity index (χ0n) is 10.3. The van der Waals surface area contributed by atoms with Crippen molar-refractivity contribution < 1.29 is 4.42 Å². The molecule has 3 aromatic heterocycles. The Morgan fingerprint density at radius 3 is 3.16 bits per heavy atom. The summed E-state index contributed by atoms with van der Waals surface area (Å²) >= 11 is 0. The van der Waals surface area contributed by atoms with E-state index in [2.05, 4.69) is 15.1 Å². The van der Waals surface area contributed by atoms with Gasteiger partial charge in [0.2, 0.25) is 0 Å². The molecule has 0 radical (unpaired) electrons. The number of fused-ring (bicyclic) bond motifs is 2. The summed E-state index contributed by atoms with van der Waals surface area (Å²) in [5, 5.41) is 4.25. The summed E-state index contributed by atoms with van der Waals surface area (Å²) in [5.74, 6) is 1.34. The zero-order valence-corrected chi connectivity index (χ0v) is 10.3. The molecular formula is C13H13N5O. The van der Waals surface area contributed by atoms with Crippen LogP contribution in [0.3, 0.4) is 0 Å². The van der Waals surface area contributed by atoms with Crippen LogP contribution in [0.25, 0.3) is 5.78 Å². The topological polar surface area (TPSA) is 82.2 Å². The van der Waals surface area contributed by atoms with Crippen molar-refractivity contribution in [2.75, 3.05) is 0 Å². The molecule has 3 heterocycles. The van der Waals surface area contributed by atoms with E-state index in [0.29, 0.717) is 5.78 Å². The van der Waals surface area contributed by atoms with Crippen LogP contribution in [0, 0.1) is 0 Å². The number of aromatic nitrogens is 4. The Bertz CT molecular complexity index is 731. The van der Waals surface area contributed by atoms with Gasteiger partial charge in [0.25, 0.3) is 5.78 Å². The van der Waals surface area contributed by atoms with Crippen LogP contribution in [0.1, 0.15) is 35.2 Å². The van der Waals surface area contributed by atoms with Crippen LogP contribution in [-0.2, 0) is 12.8 Å². The largest absolute Gasteiger partial charge is 0.467 e.